The van der Waals surface area contributed by atoms with Gasteiger partial charge in [-0.1, -0.05) is 6.07 Å². The van der Waals surface area contributed by atoms with Gasteiger partial charge in [0.15, 0.2) is 0 Å². The molecule has 2 aromatic carbocycles. The number of sulfonamides is 1. The maximum atomic E-state index is 12.8. The summed E-state index contributed by atoms with van der Waals surface area (Å²) in [5, 5.41) is 2.53. The first-order valence-corrected chi connectivity index (χ1v) is 8.73. The molecule has 2 aromatic rings. The number of nitrogens with zero attached hydrogens (tertiary/aromatic N) is 1. The summed E-state index contributed by atoms with van der Waals surface area (Å²) in [6, 6.07) is 10.1. The van der Waals surface area contributed by atoms with E-state index in [1.165, 1.54) is 37.4 Å². The van der Waals surface area contributed by atoms with Crippen LogP contribution in [0.3, 0.4) is 0 Å². The maximum absolute atomic E-state index is 12.8. The van der Waals surface area contributed by atoms with Crippen LogP contribution in [0.1, 0.15) is 11.1 Å². The van der Waals surface area contributed by atoms with Crippen LogP contribution in [0.15, 0.2) is 47.4 Å². The van der Waals surface area contributed by atoms with Gasteiger partial charge < -0.3 is 5.32 Å². The summed E-state index contributed by atoms with van der Waals surface area (Å²) in [7, 11) is -2.42. The summed E-state index contributed by atoms with van der Waals surface area (Å²) in [6.45, 7) is 3.38. The number of hydrogen-bond acceptors (Lipinski definition) is 3. The van der Waals surface area contributed by atoms with Crippen molar-refractivity contribution in [3.63, 3.8) is 0 Å². The number of likely N-dealkylation sites (N-methyl/N-ethyl adjacent to an activating group) is 1. The van der Waals surface area contributed by atoms with Gasteiger partial charge in [-0.05, 0) is 61.4 Å². The zero-order valence-electron chi connectivity index (χ0n) is 13.7. The average Bonchev–Trinajstić information content (AvgIpc) is 2.52. The Kier molecular flexibility index (Phi) is 5.36. The molecule has 0 unspecified atom stereocenters. The predicted molar refractivity (Wildman–Crippen MR) is 90.8 cm³/mol. The van der Waals surface area contributed by atoms with Crippen LogP contribution in [0.4, 0.5) is 10.1 Å². The average molecular weight is 350 g/mol. The highest BCUT2D eigenvalue weighted by molar-refractivity contribution is 7.89. The summed E-state index contributed by atoms with van der Waals surface area (Å²) in [4.78, 5) is 12.1. The third-order valence-corrected chi connectivity index (χ3v) is 5.48. The monoisotopic (exact) mass is 350 g/mol. The van der Waals surface area contributed by atoms with Gasteiger partial charge >= 0.3 is 0 Å². The zero-order valence-corrected chi connectivity index (χ0v) is 14.5. The Morgan fingerprint density at radius 2 is 1.71 bits per heavy atom. The first-order chi connectivity index (χ1) is 11.2. The van der Waals surface area contributed by atoms with E-state index in [1.807, 2.05) is 13.8 Å². The van der Waals surface area contributed by atoms with Crippen molar-refractivity contribution in [2.24, 2.45) is 0 Å². The van der Waals surface area contributed by atoms with Gasteiger partial charge in [-0.15, -0.1) is 0 Å². The second kappa shape index (κ2) is 7.11. The van der Waals surface area contributed by atoms with Crippen molar-refractivity contribution in [3.8, 4) is 0 Å². The van der Waals surface area contributed by atoms with E-state index in [1.54, 1.807) is 12.1 Å². The topological polar surface area (TPSA) is 66.5 Å². The third kappa shape index (κ3) is 4.18. The molecule has 0 aliphatic rings. The van der Waals surface area contributed by atoms with Gasteiger partial charge in [-0.25, -0.2) is 12.8 Å². The Labute approximate surface area is 141 Å². The lowest BCUT2D eigenvalue weighted by Crippen LogP contribution is -2.35. The Bertz CT molecular complexity index is 849. The highest BCUT2D eigenvalue weighted by Crippen LogP contribution is 2.18. The van der Waals surface area contributed by atoms with Crippen molar-refractivity contribution >= 4 is 21.6 Å². The minimum Gasteiger partial charge on any atom is -0.325 e. The van der Waals surface area contributed by atoms with Crippen LogP contribution in [0.5, 0.6) is 0 Å². The summed E-state index contributed by atoms with van der Waals surface area (Å²) in [5.74, 6) is -0.918. The van der Waals surface area contributed by atoms with Gasteiger partial charge in [0.1, 0.15) is 5.82 Å². The van der Waals surface area contributed by atoms with Gasteiger partial charge in [0.2, 0.25) is 15.9 Å². The second-order valence-electron chi connectivity index (χ2n) is 5.56. The van der Waals surface area contributed by atoms with E-state index in [0.717, 1.165) is 15.4 Å². The lowest BCUT2D eigenvalue weighted by Gasteiger charge is -2.17. The molecule has 0 atom stereocenters. The molecule has 24 heavy (non-hydrogen) atoms. The highest BCUT2D eigenvalue weighted by Gasteiger charge is 2.23. The zero-order chi connectivity index (χ0) is 17.9. The number of carbonyl (C=O) groups excluding carboxylic acids is 1. The van der Waals surface area contributed by atoms with Crippen LogP contribution >= 0.6 is 0 Å². The van der Waals surface area contributed by atoms with E-state index in [0.29, 0.717) is 5.69 Å². The molecule has 1 N–H and O–H groups in total. The lowest BCUT2D eigenvalue weighted by atomic mass is 10.1. The fraction of sp³-hybridized carbons (Fsp3) is 0.235. The van der Waals surface area contributed by atoms with Crippen molar-refractivity contribution in [2.75, 3.05) is 18.9 Å². The number of aryl methyl sites for hydroxylation is 2. The van der Waals surface area contributed by atoms with E-state index in [4.69, 9.17) is 0 Å². The first-order valence-electron chi connectivity index (χ1n) is 7.29. The molecule has 2 rings (SSSR count). The minimum atomic E-state index is -3.76. The van der Waals surface area contributed by atoms with E-state index in [-0.39, 0.29) is 11.4 Å². The van der Waals surface area contributed by atoms with E-state index < -0.39 is 21.7 Å². The summed E-state index contributed by atoms with van der Waals surface area (Å²) in [5.41, 5.74) is 2.25. The number of halogens is 1. The Morgan fingerprint density at radius 3 is 2.29 bits per heavy atom. The molecule has 5 nitrogen and oxygen atoms in total. The first kappa shape index (κ1) is 18.1. The van der Waals surface area contributed by atoms with E-state index >= 15 is 0 Å². The third-order valence-electron chi connectivity index (χ3n) is 3.68. The Balaban J connectivity index is 2.09. The SMILES string of the molecule is Cc1ccc(S(=O)(=O)N(C)CC(=O)Nc2ccc(F)cc2)cc1C. The molecule has 128 valence electrons. The molecule has 1 amide bonds. The predicted octanol–water partition coefficient (Wildman–Crippen LogP) is 2.70. The minimum absolute atomic E-state index is 0.141. The number of benzene rings is 2. The van der Waals surface area contributed by atoms with Crippen molar-refractivity contribution < 1.29 is 17.6 Å². The van der Waals surface area contributed by atoms with Crippen LogP contribution < -0.4 is 5.32 Å². The van der Waals surface area contributed by atoms with Crippen LogP contribution in [0, 0.1) is 19.7 Å². The Morgan fingerprint density at radius 1 is 1.08 bits per heavy atom. The molecule has 0 bridgehead atoms. The van der Waals surface area contributed by atoms with Gasteiger partial charge in [-0.2, -0.15) is 4.31 Å². The fourth-order valence-electron chi connectivity index (χ4n) is 2.08. The number of amides is 1. The Hall–Kier alpha value is -2.25. The van der Waals surface area contributed by atoms with Crippen LogP contribution in [-0.2, 0) is 14.8 Å². The van der Waals surface area contributed by atoms with Crippen LogP contribution in [0.25, 0.3) is 0 Å². The second-order valence-corrected chi connectivity index (χ2v) is 7.61. The largest absolute Gasteiger partial charge is 0.325 e. The highest BCUT2D eigenvalue weighted by atomic mass is 32.2. The molecule has 0 aromatic heterocycles. The van der Waals surface area contributed by atoms with Crippen LogP contribution in [-0.4, -0.2) is 32.2 Å². The number of rotatable bonds is 5. The molecule has 0 saturated heterocycles. The summed E-state index contributed by atoms with van der Waals surface area (Å²) >= 11 is 0. The number of hydrogen-bond donors (Lipinski definition) is 1. The van der Waals surface area contributed by atoms with E-state index in [9.17, 15) is 17.6 Å². The summed E-state index contributed by atoms with van der Waals surface area (Å²) < 4.78 is 38.9. The molecule has 0 aliphatic carbocycles. The van der Waals surface area contributed by atoms with Crippen molar-refractivity contribution in [1.29, 1.82) is 0 Å². The van der Waals surface area contributed by atoms with Gasteiger partial charge in [0, 0.05) is 12.7 Å². The van der Waals surface area contributed by atoms with Crippen molar-refractivity contribution in [1.82, 2.24) is 4.31 Å². The number of carbonyl (C=O) groups is 1. The van der Waals surface area contributed by atoms with Crippen LogP contribution in [0.2, 0.25) is 0 Å². The van der Waals surface area contributed by atoms with E-state index in [2.05, 4.69) is 5.32 Å². The van der Waals surface area contributed by atoms with Crippen molar-refractivity contribution in [3.05, 3.63) is 59.4 Å². The smallest absolute Gasteiger partial charge is 0.243 e. The molecule has 0 aliphatic heterocycles. The fourth-order valence-corrected chi connectivity index (χ4v) is 3.29. The lowest BCUT2D eigenvalue weighted by molar-refractivity contribution is -0.116. The molecule has 0 heterocycles. The number of anilines is 1. The normalized spacial score (nSPS) is 11.5. The number of nitrogens with one attached hydrogen (secondary N) is 1. The standard InChI is InChI=1S/C17H19FN2O3S/c1-12-4-9-16(10-13(12)2)24(22,23)20(3)11-17(21)19-15-7-5-14(18)6-8-15/h4-10H,11H2,1-3H3,(H,19,21). The maximum Gasteiger partial charge on any atom is 0.243 e. The summed E-state index contributed by atoms with van der Waals surface area (Å²) in [6.07, 6.45) is 0. The molecule has 0 saturated carbocycles. The van der Waals surface area contributed by atoms with Gasteiger partial charge in [0.25, 0.3) is 0 Å². The molecular weight excluding hydrogens is 331 g/mol. The molecule has 0 spiro atoms. The molecule has 0 fully saturated rings. The molecule has 7 heteroatoms. The molecule has 0 radical (unpaired) electrons. The van der Waals surface area contributed by atoms with Crippen molar-refractivity contribution in [2.45, 2.75) is 18.7 Å². The van der Waals surface area contributed by atoms with Gasteiger partial charge in [-0.3, -0.25) is 4.79 Å². The quantitative estimate of drug-likeness (QED) is 0.902. The molecular formula is C17H19FN2O3S. The van der Waals surface area contributed by atoms with Gasteiger partial charge in [0.05, 0.1) is 11.4 Å².